The van der Waals surface area contributed by atoms with Crippen LogP contribution in [0.25, 0.3) is 21.5 Å². The predicted molar refractivity (Wildman–Crippen MR) is 71.8 cm³/mol. The lowest BCUT2D eigenvalue weighted by molar-refractivity contribution is -0.104. The van der Waals surface area contributed by atoms with E-state index >= 15 is 0 Å². The first-order valence-electron chi connectivity index (χ1n) is 5.71. The van der Waals surface area contributed by atoms with Gasteiger partial charge in [-0.1, -0.05) is 48.5 Å². The Balaban J connectivity index is 2.57. The molecule has 0 heterocycles. The summed E-state index contributed by atoms with van der Waals surface area (Å²) in [5, 5.41) is 3.60. The van der Waals surface area contributed by atoms with E-state index in [2.05, 4.69) is 0 Å². The third-order valence-electron chi connectivity index (χ3n) is 3.12. The summed E-state index contributed by atoms with van der Waals surface area (Å²) >= 11 is 0. The van der Waals surface area contributed by atoms with Crippen LogP contribution in [-0.2, 0) is 4.79 Å². The number of hydrogen-bond acceptors (Lipinski definition) is 2. The molecule has 3 rings (SSSR count). The Kier molecular flexibility index (Phi) is 2.41. The van der Waals surface area contributed by atoms with Gasteiger partial charge in [0.2, 0.25) is 5.78 Å². The van der Waals surface area contributed by atoms with E-state index in [0.29, 0.717) is 11.8 Å². The molecule has 3 aromatic rings. The van der Waals surface area contributed by atoms with Gasteiger partial charge in [0.1, 0.15) is 0 Å². The second-order valence-corrected chi connectivity index (χ2v) is 4.18. The summed E-state index contributed by atoms with van der Waals surface area (Å²) in [6.45, 7) is 0. The van der Waals surface area contributed by atoms with Crippen LogP contribution in [-0.4, -0.2) is 12.1 Å². The molecule has 18 heavy (non-hydrogen) atoms. The molecule has 3 aromatic carbocycles. The first kappa shape index (κ1) is 10.7. The third kappa shape index (κ3) is 1.51. The maximum absolute atomic E-state index is 11.9. The zero-order valence-electron chi connectivity index (χ0n) is 9.59. The summed E-state index contributed by atoms with van der Waals surface area (Å²) in [4.78, 5) is 22.7. The van der Waals surface area contributed by atoms with E-state index in [9.17, 15) is 9.59 Å². The number of hydrogen-bond donors (Lipinski definition) is 0. The lowest BCUT2D eigenvalue weighted by Gasteiger charge is -2.08. The molecule has 0 fully saturated rings. The van der Waals surface area contributed by atoms with Crippen LogP contribution in [0.5, 0.6) is 0 Å². The molecule has 2 nitrogen and oxygen atoms in total. The van der Waals surface area contributed by atoms with Crippen LogP contribution in [0.2, 0.25) is 0 Å². The van der Waals surface area contributed by atoms with Gasteiger partial charge in [-0.3, -0.25) is 9.59 Å². The second-order valence-electron chi connectivity index (χ2n) is 4.18. The number of benzene rings is 3. The maximum Gasteiger partial charge on any atom is 0.226 e. The highest BCUT2D eigenvalue weighted by Crippen LogP contribution is 2.28. The van der Waals surface area contributed by atoms with Crippen molar-refractivity contribution in [3.8, 4) is 0 Å². The summed E-state index contributed by atoms with van der Waals surface area (Å²) in [5.74, 6) is -0.469. The zero-order chi connectivity index (χ0) is 12.5. The van der Waals surface area contributed by atoms with Crippen LogP contribution >= 0.6 is 0 Å². The fourth-order valence-electron chi connectivity index (χ4n) is 2.34. The van der Waals surface area contributed by atoms with Gasteiger partial charge in [-0.25, -0.2) is 0 Å². The second kappa shape index (κ2) is 4.08. The van der Waals surface area contributed by atoms with Gasteiger partial charge >= 0.3 is 0 Å². The molecular weight excluding hydrogens is 224 g/mol. The maximum atomic E-state index is 11.9. The highest BCUT2D eigenvalue weighted by atomic mass is 16.2. The van der Waals surface area contributed by atoms with Crippen LogP contribution < -0.4 is 0 Å². The zero-order valence-corrected chi connectivity index (χ0v) is 9.59. The molecule has 0 spiro atoms. The smallest absolute Gasteiger partial charge is 0.226 e. The van der Waals surface area contributed by atoms with Crippen molar-refractivity contribution in [1.82, 2.24) is 0 Å². The number of Topliss-reactive ketones (excluding diaryl/α,β-unsaturated/α-hetero) is 1. The van der Waals surface area contributed by atoms with Gasteiger partial charge in [0.25, 0.3) is 0 Å². The molecule has 86 valence electrons. The van der Waals surface area contributed by atoms with Crippen molar-refractivity contribution >= 4 is 33.6 Å². The minimum Gasteiger partial charge on any atom is -0.294 e. The first-order chi connectivity index (χ1) is 8.81. The molecule has 0 atom stereocenters. The van der Waals surface area contributed by atoms with E-state index in [0.717, 1.165) is 21.5 Å². The number of ketones is 1. The van der Waals surface area contributed by atoms with E-state index < -0.39 is 5.78 Å². The van der Waals surface area contributed by atoms with Gasteiger partial charge in [0, 0.05) is 5.56 Å². The molecule has 0 N–H and O–H groups in total. The molecule has 0 saturated heterocycles. The molecule has 0 bridgehead atoms. The summed E-state index contributed by atoms with van der Waals surface area (Å²) < 4.78 is 0. The minimum absolute atomic E-state index is 0.383. The minimum atomic E-state index is -0.469. The fourth-order valence-corrected chi connectivity index (χ4v) is 2.34. The topological polar surface area (TPSA) is 34.1 Å². The lowest BCUT2D eigenvalue weighted by Crippen LogP contribution is -2.02. The summed E-state index contributed by atoms with van der Waals surface area (Å²) in [5.41, 5.74) is 0.499. The van der Waals surface area contributed by atoms with Crippen molar-refractivity contribution < 1.29 is 9.59 Å². The molecule has 0 radical (unpaired) electrons. The number of carbonyl (C=O) groups excluding carboxylic acids is 2. The van der Waals surface area contributed by atoms with Crippen molar-refractivity contribution in [2.24, 2.45) is 0 Å². The van der Waals surface area contributed by atoms with Crippen LogP contribution in [0.1, 0.15) is 10.4 Å². The Morgan fingerprint density at radius 3 is 1.83 bits per heavy atom. The molecule has 0 amide bonds. The number of aldehydes is 1. The van der Waals surface area contributed by atoms with Gasteiger partial charge in [-0.05, 0) is 27.6 Å². The van der Waals surface area contributed by atoms with Gasteiger partial charge in [0.15, 0.2) is 6.29 Å². The lowest BCUT2D eigenvalue weighted by atomic mass is 9.95. The molecule has 0 aromatic heterocycles. The highest BCUT2D eigenvalue weighted by Gasteiger charge is 2.13. The quantitative estimate of drug-likeness (QED) is 0.295. The molecule has 2 heteroatoms. The number of fused-ring (bicyclic) bond motifs is 2. The SMILES string of the molecule is O=CC(=O)c1c2ccccc2cc2ccccc12. The molecule has 0 saturated carbocycles. The average Bonchev–Trinajstić information content (AvgIpc) is 2.44. The molecule has 0 unspecified atom stereocenters. The first-order valence-corrected chi connectivity index (χ1v) is 5.71. The Bertz CT molecular complexity index is 718. The average molecular weight is 234 g/mol. The van der Waals surface area contributed by atoms with Crippen LogP contribution in [0, 0.1) is 0 Å². The fraction of sp³-hybridized carbons (Fsp3) is 0. The predicted octanol–water partition coefficient (Wildman–Crippen LogP) is 3.37. The van der Waals surface area contributed by atoms with E-state index in [-0.39, 0.29) is 0 Å². The molecule has 0 aliphatic rings. The van der Waals surface area contributed by atoms with Crippen LogP contribution in [0.15, 0.2) is 54.6 Å². The van der Waals surface area contributed by atoms with Crippen molar-refractivity contribution in [3.05, 3.63) is 60.2 Å². The highest BCUT2D eigenvalue weighted by molar-refractivity contribution is 6.40. The number of carbonyl (C=O) groups is 2. The van der Waals surface area contributed by atoms with Gasteiger partial charge in [-0.15, -0.1) is 0 Å². The largest absolute Gasteiger partial charge is 0.294 e. The Hall–Kier alpha value is -2.48. The van der Waals surface area contributed by atoms with Crippen LogP contribution in [0.4, 0.5) is 0 Å². The standard InChI is InChI=1S/C16H10O2/c17-10-15(18)16-13-7-3-1-5-11(13)9-12-6-2-4-8-14(12)16/h1-10H. The summed E-state index contributed by atoms with van der Waals surface area (Å²) in [6, 6.07) is 17.3. The number of rotatable bonds is 2. The molecule has 0 aliphatic carbocycles. The molecular formula is C16H10O2. The Labute approximate surface area is 104 Å². The van der Waals surface area contributed by atoms with Gasteiger partial charge in [0.05, 0.1) is 0 Å². The van der Waals surface area contributed by atoms with Gasteiger partial charge in [-0.2, -0.15) is 0 Å². The van der Waals surface area contributed by atoms with E-state index in [1.54, 1.807) is 0 Å². The van der Waals surface area contributed by atoms with Crippen molar-refractivity contribution in [2.45, 2.75) is 0 Å². The summed E-state index contributed by atoms with van der Waals surface area (Å²) in [7, 11) is 0. The Morgan fingerprint density at radius 1 is 0.833 bits per heavy atom. The van der Waals surface area contributed by atoms with Crippen LogP contribution in [0.3, 0.4) is 0 Å². The summed E-state index contributed by atoms with van der Waals surface area (Å²) in [6.07, 6.45) is 0.383. The van der Waals surface area contributed by atoms with Crippen molar-refractivity contribution in [1.29, 1.82) is 0 Å². The van der Waals surface area contributed by atoms with E-state index in [1.165, 1.54) is 0 Å². The molecule has 0 aliphatic heterocycles. The monoisotopic (exact) mass is 234 g/mol. The normalized spacial score (nSPS) is 10.7. The van der Waals surface area contributed by atoms with E-state index in [1.807, 2.05) is 54.6 Å². The Morgan fingerprint density at radius 2 is 1.33 bits per heavy atom. The van der Waals surface area contributed by atoms with E-state index in [4.69, 9.17) is 0 Å². The van der Waals surface area contributed by atoms with Crippen molar-refractivity contribution in [2.75, 3.05) is 0 Å². The third-order valence-corrected chi connectivity index (χ3v) is 3.12. The van der Waals surface area contributed by atoms with Gasteiger partial charge < -0.3 is 0 Å². The van der Waals surface area contributed by atoms with Crippen molar-refractivity contribution in [3.63, 3.8) is 0 Å².